The van der Waals surface area contributed by atoms with Gasteiger partial charge in [0.1, 0.15) is 11.7 Å². The minimum Gasteiger partial charge on any atom is -0.294 e. The number of nitrogens with zero attached hydrogens (tertiary/aromatic N) is 3. The highest BCUT2D eigenvalue weighted by molar-refractivity contribution is 6.17. The molecule has 0 aliphatic heterocycles. The highest BCUT2D eigenvalue weighted by Crippen LogP contribution is 2.33. The summed E-state index contributed by atoms with van der Waals surface area (Å²) in [6.07, 6.45) is 3.91. The summed E-state index contributed by atoms with van der Waals surface area (Å²) in [4.78, 5) is 5.18. The molecule has 3 nitrogen and oxygen atoms in total. The van der Waals surface area contributed by atoms with Gasteiger partial charge >= 0.3 is 0 Å². The van der Waals surface area contributed by atoms with Crippen molar-refractivity contribution in [3.05, 3.63) is 116 Å². The van der Waals surface area contributed by atoms with E-state index in [9.17, 15) is 0 Å². The second-order valence-corrected chi connectivity index (χ2v) is 8.06. The first kappa shape index (κ1) is 19.3. The van der Waals surface area contributed by atoms with Crippen LogP contribution in [-0.4, -0.2) is 15.0 Å². The fourth-order valence-electron chi connectivity index (χ4n) is 4.89. The lowest BCUT2D eigenvalue weighted by molar-refractivity contribution is 1.15. The molecule has 0 aliphatic carbocycles. The largest absolute Gasteiger partial charge is 0.294 e. The van der Waals surface area contributed by atoms with Gasteiger partial charge in [0.2, 0.25) is 0 Å². The van der Waals surface area contributed by atoms with Crippen LogP contribution >= 0.6 is 0 Å². The Morgan fingerprint density at radius 3 is 1.33 bits per heavy atom. The summed E-state index contributed by atoms with van der Waals surface area (Å²) in [5.41, 5.74) is 4.52. The summed E-state index contributed by atoms with van der Waals surface area (Å²) in [5, 5.41) is 4.86. The van der Waals surface area contributed by atoms with E-state index in [-0.39, 0.29) is 0 Å². The van der Waals surface area contributed by atoms with Gasteiger partial charge in [0.15, 0.2) is 0 Å². The zero-order chi connectivity index (χ0) is 22.4. The predicted octanol–water partition coefficient (Wildman–Crippen LogP) is 7.85. The molecule has 3 heteroatoms. The van der Waals surface area contributed by atoms with Crippen molar-refractivity contribution >= 4 is 55.3 Å². The topological polar surface area (TPSA) is 22.2 Å². The predicted molar refractivity (Wildman–Crippen MR) is 142 cm³/mol. The van der Waals surface area contributed by atoms with Crippen LogP contribution in [0.4, 0.5) is 0 Å². The number of allylic oxidation sites excluding steroid dienone is 2. The van der Waals surface area contributed by atoms with Crippen molar-refractivity contribution in [1.82, 2.24) is 9.13 Å². The number of benzene rings is 4. The first-order chi connectivity index (χ1) is 16.3. The van der Waals surface area contributed by atoms with Crippen LogP contribution in [0.3, 0.4) is 0 Å². The first-order valence-electron chi connectivity index (χ1n) is 11.2. The van der Waals surface area contributed by atoms with E-state index in [4.69, 9.17) is 4.99 Å². The summed E-state index contributed by atoms with van der Waals surface area (Å²) in [6, 6.07) is 33.9. The minimum absolute atomic E-state index is 0.794. The van der Waals surface area contributed by atoms with Crippen molar-refractivity contribution in [1.29, 1.82) is 0 Å². The van der Waals surface area contributed by atoms with Crippen LogP contribution in [-0.2, 0) is 0 Å². The average molecular weight is 426 g/mol. The molecule has 0 amide bonds. The van der Waals surface area contributed by atoms with Gasteiger partial charge in [-0.3, -0.25) is 9.13 Å². The zero-order valence-electron chi connectivity index (χ0n) is 18.4. The van der Waals surface area contributed by atoms with E-state index < -0.39 is 0 Å². The van der Waals surface area contributed by atoms with Crippen LogP contribution in [0.25, 0.3) is 49.4 Å². The van der Waals surface area contributed by atoms with Crippen LogP contribution in [0.2, 0.25) is 0 Å². The molecule has 33 heavy (non-hydrogen) atoms. The summed E-state index contributed by atoms with van der Waals surface area (Å²) >= 11 is 0. The van der Waals surface area contributed by atoms with E-state index in [0.29, 0.717) is 0 Å². The Labute approximate surface area is 192 Å². The smallest absolute Gasteiger partial charge is 0.139 e. The summed E-state index contributed by atoms with van der Waals surface area (Å²) in [7, 11) is 0. The number of aliphatic imine (C=N–C) groups is 1. The van der Waals surface area contributed by atoms with Crippen molar-refractivity contribution in [2.24, 2.45) is 4.99 Å². The van der Waals surface area contributed by atoms with Gasteiger partial charge < -0.3 is 0 Å². The Hall–Kier alpha value is -4.37. The van der Waals surface area contributed by atoms with Gasteiger partial charge in [0, 0.05) is 21.5 Å². The third-order valence-electron chi connectivity index (χ3n) is 6.29. The maximum absolute atomic E-state index is 5.18. The van der Waals surface area contributed by atoms with E-state index in [0.717, 1.165) is 33.7 Å². The maximum atomic E-state index is 5.18. The molecule has 6 aromatic rings. The Bertz CT molecular complexity index is 1630. The lowest BCUT2D eigenvalue weighted by Crippen LogP contribution is -2.10. The van der Waals surface area contributed by atoms with Crippen LogP contribution in [0, 0.1) is 0 Å². The van der Waals surface area contributed by atoms with Crippen molar-refractivity contribution in [2.75, 3.05) is 0 Å². The monoisotopic (exact) mass is 425 g/mol. The van der Waals surface area contributed by atoms with Gasteiger partial charge in [0.05, 0.1) is 22.1 Å². The molecule has 0 atom stereocenters. The molecule has 0 unspecified atom stereocenters. The molecular weight excluding hydrogens is 402 g/mol. The van der Waals surface area contributed by atoms with Crippen LogP contribution in [0.1, 0.15) is 6.92 Å². The molecule has 0 N–H and O–H groups in total. The average Bonchev–Trinajstić information content (AvgIpc) is 3.39. The molecule has 2 heterocycles. The lowest BCUT2D eigenvalue weighted by Gasteiger charge is -2.12. The normalized spacial score (nSPS) is 12.9. The molecular formula is C30H23N3. The molecule has 0 bridgehead atoms. The molecule has 0 radical (unpaired) electrons. The van der Waals surface area contributed by atoms with Gasteiger partial charge in [-0.05, 0) is 43.3 Å². The second-order valence-electron chi connectivity index (χ2n) is 8.06. The fraction of sp³-hybridized carbons (Fsp3) is 0.0333. The lowest BCUT2D eigenvalue weighted by atomic mass is 10.2. The molecule has 0 saturated carbocycles. The summed E-state index contributed by atoms with van der Waals surface area (Å²) in [5.74, 6) is 1.66. The molecule has 0 aliphatic rings. The molecule has 6 rings (SSSR count). The molecule has 4 aromatic carbocycles. The van der Waals surface area contributed by atoms with E-state index >= 15 is 0 Å². The number of hydrogen-bond donors (Lipinski definition) is 0. The van der Waals surface area contributed by atoms with Crippen molar-refractivity contribution in [3.8, 4) is 0 Å². The Morgan fingerprint density at radius 1 is 0.606 bits per heavy atom. The van der Waals surface area contributed by atoms with Gasteiger partial charge in [0.25, 0.3) is 0 Å². The van der Waals surface area contributed by atoms with Crippen LogP contribution in [0.15, 0.2) is 121 Å². The SMILES string of the molecule is C=C/C(=N\C(=C/C)n1c2ccccc2c2ccccc21)n1c2ccccc2c2ccccc21. The minimum atomic E-state index is 0.794. The van der Waals surface area contributed by atoms with E-state index in [1.54, 1.807) is 0 Å². The van der Waals surface area contributed by atoms with E-state index in [2.05, 4.69) is 119 Å². The van der Waals surface area contributed by atoms with Gasteiger partial charge in [-0.1, -0.05) is 79.4 Å². The maximum Gasteiger partial charge on any atom is 0.139 e. The second kappa shape index (κ2) is 7.64. The number of rotatable bonds is 3. The van der Waals surface area contributed by atoms with Crippen LogP contribution in [0.5, 0.6) is 0 Å². The van der Waals surface area contributed by atoms with Crippen molar-refractivity contribution < 1.29 is 0 Å². The van der Waals surface area contributed by atoms with Crippen molar-refractivity contribution in [2.45, 2.75) is 6.92 Å². The molecule has 2 aromatic heterocycles. The fourth-order valence-corrected chi connectivity index (χ4v) is 4.89. The number of para-hydroxylation sites is 4. The number of fused-ring (bicyclic) bond motifs is 6. The quantitative estimate of drug-likeness (QED) is 0.203. The Morgan fingerprint density at radius 2 is 0.970 bits per heavy atom. The highest BCUT2D eigenvalue weighted by Gasteiger charge is 2.16. The molecule has 0 spiro atoms. The third-order valence-corrected chi connectivity index (χ3v) is 6.29. The standard InChI is InChI=1S/C30H23N3/c1-3-29(32-25-17-9-5-13-21(25)22-14-6-10-18-26(22)32)31-30(4-2)33-27-19-11-7-15-23(27)24-16-8-12-20-28(24)33/h3-20H,1H2,2H3/b30-4+,31-29+. The van der Waals surface area contributed by atoms with Crippen molar-refractivity contribution in [3.63, 3.8) is 0 Å². The summed E-state index contributed by atoms with van der Waals surface area (Å²) in [6.45, 7) is 6.17. The van der Waals surface area contributed by atoms with Gasteiger partial charge in [-0.2, -0.15) is 0 Å². The number of hydrogen-bond acceptors (Lipinski definition) is 1. The Kier molecular flexibility index (Phi) is 4.48. The molecule has 0 saturated heterocycles. The van der Waals surface area contributed by atoms with Crippen LogP contribution < -0.4 is 0 Å². The van der Waals surface area contributed by atoms with Gasteiger partial charge in [-0.25, -0.2) is 4.99 Å². The number of aromatic nitrogens is 2. The molecule has 158 valence electrons. The molecule has 0 fully saturated rings. The van der Waals surface area contributed by atoms with E-state index in [1.807, 2.05) is 13.0 Å². The van der Waals surface area contributed by atoms with Gasteiger partial charge in [-0.15, -0.1) is 0 Å². The van der Waals surface area contributed by atoms with E-state index in [1.165, 1.54) is 21.5 Å². The Balaban J connectivity index is 1.65. The zero-order valence-corrected chi connectivity index (χ0v) is 18.4. The summed E-state index contributed by atoms with van der Waals surface area (Å²) < 4.78 is 4.44. The third kappa shape index (κ3) is 2.86. The first-order valence-corrected chi connectivity index (χ1v) is 11.2. The highest BCUT2D eigenvalue weighted by atomic mass is 15.2.